The van der Waals surface area contributed by atoms with Gasteiger partial charge in [0.1, 0.15) is 0 Å². The highest BCUT2D eigenvalue weighted by atomic mass is 16.5. The lowest BCUT2D eigenvalue weighted by atomic mass is 10.1. The minimum Gasteiger partial charge on any atom is -0.481 e. The molecule has 0 unspecified atom stereocenters. The minimum atomic E-state index is -0.833. The van der Waals surface area contributed by atoms with Crippen LogP contribution < -0.4 is 0 Å². The van der Waals surface area contributed by atoms with Crippen molar-refractivity contribution in [2.24, 2.45) is 0 Å². The number of hydroxylamine groups is 2. The molecule has 0 bridgehead atoms. The van der Waals surface area contributed by atoms with E-state index in [1.165, 1.54) is 12.1 Å². The fourth-order valence-corrected chi connectivity index (χ4v) is 1.18. The molecule has 0 saturated heterocycles. The van der Waals surface area contributed by atoms with Gasteiger partial charge in [0.05, 0.1) is 11.1 Å². The minimum absolute atomic E-state index is 0.130. The molecule has 0 radical (unpaired) electrons. The third-order valence-corrected chi connectivity index (χ3v) is 1.77. The molecule has 6 nitrogen and oxygen atoms in total. The number of rotatable bonds is 0. The largest absolute Gasteiger partial charge is 0.481 e. The van der Waals surface area contributed by atoms with Crippen LogP contribution in [0.15, 0.2) is 24.3 Å². The summed E-state index contributed by atoms with van der Waals surface area (Å²) in [6.45, 7) is 1.08. The first-order valence-corrected chi connectivity index (χ1v) is 4.31. The van der Waals surface area contributed by atoms with Crippen molar-refractivity contribution in [3.05, 3.63) is 35.4 Å². The van der Waals surface area contributed by atoms with Crippen LogP contribution in [0.1, 0.15) is 27.6 Å². The summed E-state index contributed by atoms with van der Waals surface area (Å²) in [4.78, 5) is 31.1. The van der Waals surface area contributed by atoms with Crippen LogP contribution in [0.25, 0.3) is 0 Å². The Morgan fingerprint density at radius 1 is 1.12 bits per heavy atom. The Morgan fingerprint density at radius 3 is 1.75 bits per heavy atom. The fourth-order valence-electron chi connectivity index (χ4n) is 1.18. The van der Waals surface area contributed by atoms with E-state index >= 15 is 0 Å². The van der Waals surface area contributed by atoms with Gasteiger partial charge in [0.25, 0.3) is 17.8 Å². The van der Waals surface area contributed by atoms with Crippen LogP contribution in [0, 0.1) is 0 Å². The van der Waals surface area contributed by atoms with Gasteiger partial charge in [-0.15, -0.1) is 5.06 Å². The molecule has 16 heavy (non-hydrogen) atoms. The predicted octanol–water partition coefficient (Wildman–Crippen LogP) is 0.763. The first-order chi connectivity index (χ1) is 7.45. The lowest BCUT2D eigenvalue weighted by Gasteiger charge is -1.99. The summed E-state index contributed by atoms with van der Waals surface area (Å²) in [7, 11) is 0. The van der Waals surface area contributed by atoms with Gasteiger partial charge in [0.15, 0.2) is 0 Å². The SMILES string of the molecule is CC(=O)O.O=C1c2ccccc2C(=O)N1O. The van der Waals surface area contributed by atoms with E-state index in [4.69, 9.17) is 15.1 Å². The molecular formula is C10H9NO5. The second kappa shape index (κ2) is 4.54. The number of nitrogens with zero attached hydrogens (tertiary/aromatic N) is 1. The zero-order valence-electron chi connectivity index (χ0n) is 8.38. The molecule has 0 spiro atoms. The number of benzene rings is 1. The van der Waals surface area contributed by atoms with Crippen molar-refractivity contribution in [2.75, 3.05) is 0 Å². The average Bonchev–Trinajstić information content (AvgIpc) is 2.44. The molecule has 1 aromatic rings. The second-order valence-corrected chi connectivity index (χ2v) is 2.99. The van der Waals surface area contributed by atoms with Crippen LogP contribution in [0.4, 0.5) is 0 Å². The zero-order valence-corrected chi connectivity index (χ0v) is 8.38. The maximum absolute atomic E-state index is 11.1. The Morgan fingerprint density at radius 2 is 1.44 bits per heavy atom. The van der Waals surface area contributed by atoms with Crippen LogP contribution in [-0.4, -0.2) is 33.2 Å². The molecule has 1 aliphatic rings. The van der Waals surface area contributed by atoms with Gasteiger partial charge in [0, 0.05) is 6.92 Å². The van der Waals surface area contributed by atoms with Gasteiger partial charge in [-0.25, -0.2) is 0 Å². The van der Waals surface area contributed by atoms with Crippen LogP contribution in [0.5, 0.6) is 0 Å². The molecule has 2 amide bonds. The van der Waals surface area contributed by atoms with Crippen LogP contribution in [0.3, 0.4) is 0 Å². The Bertz CT molecular complexity index is 415. The van der Waals surface area contributed by atoms with Crippen LogP contribution in [0.2, 0.25) is 0 Å². The molecule has 2 rings (SSSR count). The Hall–Kier alpha value is -2.21. The number of carboxylic acids is 1. The number of carbonyl (C=O) groups excluding carboxylic acids is 2. The van der Waals surface area contributed by atoms with Crippen molar-refractivity contribution < 1.29 is 24.7 Å². The van der Waals surface area contributed by atoms with Gasteiger partial charge in [-0.1, -0.05) is 12.1 Å². The highest BCUT2D eigenvalue weighted by Crippen LogP contribution is 2.19. The van der Waals surface area contributed by atoms with Gasteiger partial charge in [-0.3, -0.25) is 19.6 Å². The molecule has 0 aliphatic carbocycles. The predicted molar refractivity (Wildman–Crippen MR) is 52.0 cm³/mol. The summed E-state index contributed by atoms with van der Waals surface area (Å²) in [5, 5.41) is 16.5. The average molecular weight is 223 g/mol. The first-order valence-electron chi connectivity index (χ1n) is 4.31. The number of carbonyl (C=O) groups is 3. The molecular weight excluding hydrogens is 214 g/mol. The van der Waals surface area contributed by atoms with Crippen LogP contribution >= 0.6 is 0 Å². The van der Waals surface area contributed by atoms with Gasteiger partial charge >= 0.3 is 0 Å². The van der Waals surface area contributed by atoms with E-state index < -0.39 is 17.8 Å². The molecule has 0 fully saturated rings. The van der Waals surface area contributed by atoms with Gasteiger partial charge in [0.2, 0.25) is 0 Å². The standard InChI is InChI=1S/C8H5NO3.C2H4O2/c10-7-5-3-1-2-4-6(5)8(11)9(7)12;1-2(3)4/h1-4,12H;1H3,(H,3,4). The molecule has 84 valence electrons. The van der Waals surface area contributed by atoms with E-state index in [9.17, 15) is 9.59 Å². The molecule has 1 aliphatic heterocycles. The van der Waals surface area contributed by atoms with Crippen molar-refractivity contribution in [1.82, 2.24) is 5.06 Å². The lowest BCUT2D eigenvalue weighted by Crippen LogP contribution is -2.25. The van der Waals surface area contributed by atoms with Crippen molar-refractivity contribution in [1.29, 1.82) is 0 Å². The third kappa shape index (κ3) is 2.23. The van der Waals surface area contributed by atoms with Crippen molar-refractivity contribution >= 4 is 17.8 Å². The summed E-state index contributed by atoms with van der Waals surface area (Å²) in [6.07, 6.45) is 0. The molecule has 1 aromatic carbocycles. The monoisotopic (exact) mass is 223 g/mol. The first kappa shape index (κ1) is 11.9. The smallest absolute Gasteiger partial charge is 0.300 e. The summed E-state index contributed by atoms with van der Waals surface area (Å²) in [5.74, 6) is -2.15. The van der Waals surface area contributed by atoms with E-state index in [0.29, 0.717) is 0 Å². The van der Waals surface area contributed by atoms with E-state index in [-0.39, 0.29) is 16.2 Å². The van der Waals surface area contributed by atoms with Crippen molar-refractivity contribution in [3.8, 4) is 0 Å². The number of imide groups is 1. The number of amides is 2. The Balaban J connectivity index is 0.000000280. The topological polar surface area (TPSA) is 94.9 Å². The molecule has 1 heterocycles. The number of hydrogen-bond donors (Lipinski definition) is 2. The van der Waals surface area contributed by atoms with Gasteiger partial charge < -0.3 is 5.11 Å². The zero-order chi connectivity index (χ0) is 12.3. The summed E-state index contributed by atoms with van der Waals surface area (Å²) in [5.41, 5.74) is 0.509. The number of hydrogen-bond acceptors (Lipinski definition) is 4. The molecule has 0 atom stereocenters. The number of aliphatic carboxylic acids is 1. The third-order valence-electron chi connectivity index (χ3n) is 1.77. The second-order valence-electron chi connectivity index (χ2n) is 2.99. The normalized spacial score (nSPS) is 13.0. The van der Waals surface area contributed by atoms with E-state index in [0.717, 1.165) is 6.92 Å². The Labute approximate surface area is 90.7 Å². The molecule has 0 aromatic heterocycles. The Kier molecular flexibility index (Phi) is 3.37. The highest BCUT2D eigenvalue weighted by Gasteiger charge is 2.33. The molecule has 2 N–H and O–H groups in total. The maximum Gasteiger partial charge on any atom is 0.300 e. The maximum atomic E-state index is 11.1. The lowest BCUT2D eigenvalue weighted by molar-refractivity contribution is -0.134. The molecule has 6 heteroatoms. The van der Waals surface area contributed by atoms with Crippen molar-refractivity contribution in [3.63, 3.8) is 0 Å². The molecule has 0 saturated carbocycles. The highest BCUT2D eigenvalue weighted by molar-refractivity contribution is 6.20. The van der Waals surface area contributed by atoms with E-state index in [1.54, 1.807) is 12.1 Å². The number of fused-ring (bicyclic) bond motifs is 1. The van der Waals surface area contributed by atoms with Crippen molar-refractivity contribution in [2.45, 2.75) is 6.92 Å². The summed E-state index contributed by atoms with van der Waals surface area (Å²) in [6, 6.07) is 6.30. The summed E-state index contributed by atoms with van der Waals surface area (Å²) < 4.78 is 0. The van der Waals surface area contributed by atoms with Gasteiger partial charge in [-0.05, 0) is 12.1 Å². The van der Waals surface area contributed by atoms with Crippen LogP contribution in [-0.2, 0) is 4.79 Å². The van der Waals surface area contributed by atoms with E-state index in [1.807, 2.05) is 0 Å². The van der Waals surface area contributed by atoms with E-state index in [2.05, 4.69) is 0 Å². The summed E-state index contributed by atoms with van der Waals surface area (Å²) >= 11 is 0. The number of carboxylic acid groups (broad SMARTS) is 1. The quantitative estimate of drug-likeness (QED) is 0.500. The van der Waals surface area contributed by atoms with Gasteiger partial charge in [-0.2, -0.15) is 0 Å². The fraction of sp³-hybridized carbons (Fsp3) is 0.100.